The van der Waals surface area contributed by atoms with Gasteiger partial charge in [0.15, 0.2) is 0 Å². The van der Waals surface area contributed by atoms with Crippen molar-refractivity contribution >= 4 is 17.4 Å². The summed E-state index contributed by atoms with van der Waals surface area (Å²) in [6.07, 6.45) is 0.968. The molecule has 0 unspecified atom stereocenters. The van der Waals surface area contributed by atoms with Gasteiger partial charge in [-0.3, -0.25) is 5.01 Å². The predicted octanol–water partition coefficient (Wildman–Crippen LogP) is 1.99. The molecule has 0 N–H and O–H groups in total. The number of carbonyl (C=O) groups excluding carboxylic acids is 1. The number of ether oxygens (including phenoxy) is 1. The Hall–Kier alpha value is -1.84. The number of rotatable bonds is 3. The van der Waals surface area contributed by atoms with E-state index in [0.29, 0.717) is 12.3 Å². The van der Waals surface area contributed by atoms with Crippen molar-refractivity contribution < 1.29 is 9.53 Å². The highest BCUT2D eigenvalue weighted by atomic mass is 16.5. The zero-order valence-corrected chi connectivity index (χ0v) is 10.1. The lowest BCUT2D eigenvalue weighted by Gasteiger charge is -2.13. The summed E-state index contributed by atoms with van der Waals surface area (Å²) in [4.78, 5) is 11.5. The first-order chi connectivity index (χ1) is 8.22. The molecule has 1 aromatic carbocycles. The fourth-order valence-corrected chi connectivity index (χ4v) is 1.88. The summed E-state index contributed by atoms with van der Waals surface area (Å²) in [6.45, 7) is 4.66. The van der Waals surface area contributed by atoms with E-state index in [1.807, 2.05) is 23.2 Å². The van der Waals surface area contributed by atoms with Gasteiger partial charge in [0, 0.05) is 6.54 Å². The maximum absolute atomic E-state index is 11.5. The van der Waals surface area contributed by atoms with Gasteiger partial charge in [-0.25, -0.2) is 4.79 Å². The Labute approximate surface area is 101 Å². The highest BCUT2D eigenvalue weighted by Gasteiger charge is 2.19. The molecule has 2 rings (SSSR count). The summed E-state index contributed by atoms with van der Waals surface area (Å²) in [5.74, 6) is -0.350. The van der Waals surface area contributed by atoms with Gasteiger partial charge in [-0.1, -0.05) is 18.2 Å². The first-order valence-corrected chi connectivity index (χ1v) is 5.80. The van der Waals surface area contributed by atoms with E-state index in [4.69, 9.17) is 4.74 Å². The minimum Gasteiger partial charge on any atom is -0.461 e. The monoisotopic (exact) mass is 232 g/mol. The molecule has 4 nitrogen and oxygen atoms in total. The Morgan fingerprint density at radius 3 is 3.00 bits per heavy atom. The van der Waals surface area contributed by atoms with Crippen LogP contribution in [-0.2, 0) is 16.0 Å². The minimum absolute atomic E-state index is 0.350. The summed E-state index contributed by atoms with van der Waals surface area (Å²) in [6, 6.07) is 8.10. The van der Waals surface area contributed by atoms with Crippen molar-refractivity contribution in [2.75, 3.05) is 18.2 Å². The largest absolute Gasteiger partial charge is 0.461 e. The Morgan fingerprint density at radius 1 is 1.47 bits per heavy atom. The maximum atomic E-state index is 11.5. The fraction of sp³-hybridized carbons (Fsp3) is 0.385. The van der Waals surface area contributed by atoms with Crippen LogP contribution in [0.1, 0.15) is 19.4 Å². The van der Waals surface area contributed by atoms with Crippen molar-refractivity contribution in [2.45, 2.75) is 20.3 Å². The molecule has 0 atom stereocenters. The fourth-order valence-electron chi connectivity index (χ4n) is 1.88. The van der Waals surface area contributed by atoms with E-state index < -0.39 is 0 Å². The summed E-state index contributed by atoms with van der Waals surface area (Å²) in [5, 5.41) is 6.17. The van der Waals surface area contributed by atoms with Crippen LogP contribution < -0.4 is 5.01 Å². The van der Waals surface area contributed by atoms with Gasteiger partial charge in [-0.15, -0.1) is 0 Å². The van der Waals surface area contributed by atoms with Crippen molar-refractivity contribution in [3.05, 3.63) is 29.8 Å². The van der Waals surface area contributed by atoms with Crippen molar-refractivity contribution in [1.29, 1.82) is 0 Å². The van der Waals surface area contributed by atoms with Gasteiger partial charge in [0.25, 0.3) is 0 Å². The maximum Gasteiger partial charge on any atom is 0.354 e. The van der Waals surface area contributed by atoms with Gasteiger partial charge in [0.05, 0.1) is 12.3 Å². The topological polar surface area (TPSA) is 41.9 Å². The summed E-state index contributed by atoms with van der Waals surface area (Å²) in [5.41, 5.74) is 2.74. The van der Waals surface area contributed by atoms with E-state index >= 15 is 0 Å². The molecule has 17 heavy (non-hydrogen) atoms. The Morgan fingerprint density at radius 2 is 2.24 bits per heavy atom. The summed E-state index contributed by atoms with van der Waals surface area (Å²) >= 11 is 0. The van der Waals surface area contributed by atoms with Crippen molar-refractivity contribution in [1.82, 2.24) is 0 Å². The van der Waals surface area contributed by atoms with Crippen LogP contribution in [-0.4, -0.2) is 24.8 Å². The molecule has 1 aliphatic rings. The van der Waals surface area contributed by atoms with E-state index in [9.17, 15) is 4.79 Å². The molecule has 1 aliphatic heterocycles. The third kappa shape index (κ3) is 2.46. The van der Waals surface area contributed by atoms with Crippen LogP contribution in [0.5, 0.6) is 0 Å². The van der Waals surface area contributed by atoms with Crippen LogP contribution >= 0.6 is 0 Å². The Balaban J connectivity index is 2.16. The normalized spacial score (nSPS) is 14.7. The summed E-state index contributed by atoms with van der Waals surface area (Å²) < 4.78 is 4.91. The molecule has 1 aromatic rings. The van der Waals surface area contributed by atoms with E-state index in [1.54, 1.807) is 13.8 Å². The van der Waals surface area contributed by atoms with Crippen LogP contribution in [0.2, 0.25) is 0 Å². The number of benzene rings is 1. The Kier molecular flexibility index (Phi) is 3.42. The van der Waals surface area contributed by atoms with Gasteiger partial charge in [0.2, 0.25) is 0 Å². The molecule has 4 heteroatoms. The molecule has 0 radical (unpaired) electrons. The number of anilines is 1. The molecule has 0 saturated heterocycles. The second kappa shape index (κ2) is 4.99. The van der Waals surface area contributed by atoms with E-state index in [-0.39, 0.29) is 5.97 Å². The number of hydrazone groups is 1. The van der Waals surface area contributed by atoms with Crippen molar-refractivity contribution in [2.24, 2.45) is 5.10 Å². The first-order valence-electron chi connectivity index (χ1n) is 5.80. The van der Waals surface area contributed by atoms with Gasteiger partial charge in [-0.2, -0.15) is 5.10 Å². The van der Waals surface area contributed by atoms with E-state index in [2.05, 4.69) is 11.2 Å². The smallest absolute Gasteiger partial charge is 0.354 e. The molecule has 0 fully saturated rings. The minimum atomic E-state index is -0.350. The third-order valence-electron chi connectivity index (χ3n) is 2.70. The van der Waals surface area contributed by atoms with Crippen LogP contribution in [0.15, 0.2) is 29.4 Å². The zero-order valence-electron chi connectivity index (χ0n) is 10.1. The highest BCUT2D eigenvalue weighted by Crippen LogP contribution is 2.27. The molecule has 0 saturated carbocycles. The highest BCUT2D eigenvalue weighted by molar-refractivity contribution is 6.35. The third-order valence-corrected chi connectivity index (χ3v) is 2.70. The van der Waals surface area contributed by atoms with Crippen molar-refractivity contribution in [3.63, 3.8) is 0 Å². The molecule has 0 spiro atoms. The first kappa shape index (κ1) is 11.6. The number of carbonyl (C=O) groups is 1. The average Bonchev–Trinajstić information content (AvgIpc) is 2.73. The van der Waals surface area contributed by atoms with Crippen LogP contribution in [0.4, 0.5) is 5.69 Å². The molecular formula is C13H16N2O2. The van der Waals surface area contributed by atoms with Crippen LogP contribution in [0.3, 0.4) is 0 Å². The number of para-hydroxylation sites is 1. The van der Waals surface area contributed by atoms with E-state index in [1.165, 1.54) is 5.56 Å². The quantitative estimate of drug-likeness (QED) is 0.591. The van der Waals surface area contributed by atoms with E-state index in [0.717, 1.165) is 18.7 Å². The molecule has 1 heterocycles. The predicted molar refractivity (Wildman–Crippen MR) is 67.2 cm³/mol. The number of hydrogen-bond acceptors (Lipinski definition) is 4. The van der Waals surface area contributed by atoms with Gasteiger partial charge >= 0.3 is 5.97 Å². The number of hydrogen-bond donors (Lipinski definition) is 0. The standard InChI is InChI=1S/C13H16N2O2/c1-3-17-13(16)10(2)14-15-9-8-11-6-4-5-7-12(11)15/h4-7H,3,8-9H2,1-2H3/b14-10-. The van der Waals surface area contributed by atoms with Gasteiger partial charge < -0.3 is 4.74 Å². The lowest BCUT2D eigenvalue weighted by Crippen LogP contribution is -2.21. The molecular weight excluding hydrogens is 216 g/mol. The molecule has 90 valence electrons. The molecule has 0 aliphatic carbocycles. The number of fused-ring (bicyclic) bond motifs is 1. The Bertz CT molecular complexity index is 454. The zero-order chi connectivity index (χ0) is 12.3. The second-order valence-corrected chi connectivity index (χ2v) is 3.91. The molecule has 0 aromatic heterocycles. The summed E-state index contributed by atoms with van der Waals surface area (Å²) in [7, 11) is 0. The van der Waals surface area contributed by atoms with Crippen molar-refractivity contribution in [3.8, 4) is 0 Å². The van der Waals surface area contributed by atoms with Crippen LogP contribution in [0, 0.1) is 0 Å². The second-order valence-electron chi connectivity index (χ2n) is 3.91. The average molecular weight is 232 g/mol. The molecule has 0 amide bonds. The number of esters is 1. The van der Waals surface area contributed by atoms with Crippen LogP contribution in [0.25, 0.3) is 0 Å². The SMILES string of the molecule is CCOC(=O)/C(C)=N\N1CCc2ccccc21. The van der Waals surface area contributed by atoms with Gasteiger partial charge in [0.1, 0.15) is 5.71 Å². The number of nitrogens with zero attached hydrogens (tertiary/aromatic N) is 2. The lowest BCUT2D eigenvalue weighted by molar-refractivity contribution is -0.135. The van der Waals surface area contributed by atoms with Gasteiger partial charge in [-0.05, 0) is 31.9 Å². The lowest BCUT2D eigenvalue weighted by atomic mass is 10.2. The molecule has 0 bridgehead atoms.